The first kappa shape index (κ1) is 25.3. The van der Waals surface area contributed by atoms with Crippen LogP contribution < -0.4 is 27.8 Å². The number of para-hydroxylation sites is 1. The average Bonchev–Trinajstić information content (AvgIpc) is 3.16. The molecule has 4 amide bonds. The summed E-state index contributed by atoms with van der Waals surface area (Å²) in [5.74, 6) is -4.16. The van der Waals surface area contributed by atoms with E-state index in [-0.39, 0.29) is 32.1 Å². The maximum Gasteiger partial charge on any atom is 0.326 e. The molecule has 0 radical (unpaired) electrons. The number of H-pyrrole nitrogens is 1. The minimum atomic E-state index is -1.30. The predicted molar refractivity (Wildman–Crippen MR) is 118 cm³/mol. The van der Waals surface area contributed by atoms with Gasteiger partial charge >= 0.3 is 5.97 Å². The number of benzene rings is 1. The second kappa shape index (κ2) is 11.6. The zero-order valence-corrected chi connectivity index (χ0v) is 17.9. The van der Waals surface area contributed by atoms with E-state index in [1.807, 2.05) is 24.3 Å². The number of nitrogens with one attached hydrogen (secondary N) is 3. The lowest BCUT2D eigenvalue weighted by atomic mass is 10.0. The maximum atomic E-state index is 12.8. The number of aromatic nitrogens is 1. The third kappa shape index (κ3) is 7.61. The van der Waals surface area contributed by atoms with E-state index in [1.165, 1.54) is 0 Å². The van der Waals surface area contributed by atoms with Crippen molar-refractivity contribution in [3.05, 3.63) is 36.0 Å². The molecule has 0 saturated carbocycles. The number of hydrogen-bond acceptors (Lipinski definition) is 6. The Kier molecular flexibility index (Phi) is 8.92. The number of aliphatic carboxylic acids is 1. The molecule has 0 aliphatic rings. The molecule has 0 bridgehead atoms. The summed E-state index contributed by atoms with van der Waals surface area (Å²) in [4.78, 5) is 62.1. The standard InChI is InChI=1S/C21H28N6O6/c22-13(5-7-17(23)28)19(30)26-15(6-8-18(24)29)20(31)27-16(21(32)33)9-11-10-25-14-4-2-1-3-12(11)14/h1-4,10,13,15-16,25H,5-9,22H2,(H2,23,28)(H2,24,29)(H,26,30)(H,27,31)(H,32,33). The summed E-state index contributed by atoms with van der Waals surface area (Å²) in [6, 6.07) is 3.63. The molecule has 12 heteroatoms. The van der Waals surface area contributed by atoms with Crippen molar-refractivity contribution < 1.29 is 29.1 Å². The fourth-order valence-electron chi connectivity index (χ4n) is 3.26. The minimum Gasteiger partial charge on any atom is -0.480 e. The van der Waals surface area contributed by atoms with E-state index in [0.717, 1.165) is 10.9 Å². The Balaban J connectivity index is 2.11. The Hall–Kier alpha value is -3.93. The molecule has 12 nitrogen and oxygen atoms in total. The van der Waals surface area contributed by atoms with Gasteiger partial charge in [-0.25, -0.2) is 4.79 Å². The monoisotopic (exact) mass is 460 g/mol. The molecule has 3 atom stereocenters. The fourth-order valence-corrected chi connectivity index (χ4v) is 3.26. The molecule has 10 N–H and O–H groups in total. The quantitative estimate of drug-likeness (QED) is 0.189. The van der Waals surface area contributed by atoms with E-state index < -0.39 is 47.7 Å². The van der Waals surface area contributed by atoms with Crippen molar-refractivity contribution >= 4 is 40.5 Å². The Morgan fingerprint density at radius 1 is 0.909 bits per heavy atom. The van der Waals surface area contributed by atoms with Crippen molar-refractivity contribution in [1.29, 1.82) is 0 Å². The number of hydrogen-bond donors (Lipinski definition) is 7. The number of carbonyl (C=O) groups is 5. The topological polar surface area (TPSA) is 223 Å². The molecule has 2 aromatic rings. The van der Waals surface area contributed by atoms with E-state index in [2.05, 4.69) is 15.6 Å². The number of carboxylic acid groups (broad SMARTS) is 1. The SMILES string of the molecule is NC(=O)CCC(N)C(=O)NC(CCC(N)=O)C(=O)NC(Cc1c[nH]c2ccccc12)C(=O)O. The van der Waals surface area contributed by atoms with E-state index in [1.54, 1.807) is 6.20 Å². The first-order valence-corrected chi connectivity index (χ1v) is 10.3. The Morgan fingerprint density at radius 3 is 2.15 bits per heavy atom. The highest BCUT2D eigenvalue weighted by molar-refractivity contribution is 5.93. The number of fused-ring (bicyclic) bond motifs is 1. The molecule has 0 aliphatic heterocycles. The van der Waals surface area contributed by atoms with Crippen molar-refractivity contribution in [1.82, 2.24) is 15.6 Å². The molecule has 0 saturated heterocycles. The van der Waals surface area contributed by atoms with Crippen LogP contribution in [-0.4, -0.2) is 57.8 Å². The minimum absolute atomic E-state index is 0.0142. The van der Waals surface area contributed by atoms with Crippen LogP contribution in [0.5, 0.6) is 0 Å². The molecule has 2 rings (SSSR count). The van der Waals surface area contributed by atoms with Gasteiger partial charge in [0.05, 0.1) is 6.04 Å². The van der Waals surface area contributed by atoms with Gasteiger partial charge in [0.2, 0.25) is 23.6 Å². The van der Waals surface area contributed by atoms with Gasteiger partial charge in [-0.3, -0.25) is 19.2 Å². The molecular weight excluding hydrogens is 432 g/mol. The molecule has 0 aliphatic carbocycles. The number of rotatable bonds is 13. The van der Waals surface area contributed by atoms with Crippen LogP contribution >= 0.6 is 0 Å². The highest BCUT2D eigenvalue weighted by Crippen LogP contribution is 2.19. The van der Waals surface area contributed by atoms with Crippen molar-refractivity contribution in [2.75, 3.05) is 0 Å². The first-order valence-electron chi connectivity index (χ1n) is 10.3. The number of carbonyl (C=O) groups excluding carboxylic acids is 4. The van der Waals surface area contributed by atoms with E-state index in [9.17, 15) is 29.1 Å². The van der Waals surface area contributed by atoms with Crippen molar-refractivity contribution in [3.63, 3.8) is 0 Å². The summed E-state index contributed by atoms with van der Waals surface area (Å²) in [7, 11) is 0. The highest BCUT2D eigenvalue weighted by atomic mass is 16.4. The summed E-state index contributed by atoms with van der Waals surface area (Å²) in [5, 5.41) is 15.2. The van der Waals surface area contributed by atoms with Gasteiger partial charge < -0.3 is 37.9 Å². The molecule has 1 aromatic heterocycles. The van der Waals surface area contributed by atoms with Crippen LogP contribution in [0.4, 0.5) is 0 Å². The van der Waals surface area contributed by atoms with E-state index in [0.29, 0.717) is 5.56 Å². The second-order valence-corrected chi connectivity index (χ2v) is 7.64. The lowest BCUT2D eigenvalue weighted by Gasteiger charge is -2.22. The van der Waals surface area contributed by atoms with Crippen LogP contribution in [0.1, 0.15) is 31.2 Å². The van der Waals surface area contributed by atoms with Gasteiger partial charge in [0.15, 0.2) is 0 Å². The summed E-state index contributed by atoms with van der Waals surface area (Å²) in [6.45, 7) is 0. The average molecular weight is 460 g/mol. The van der Waals surface area contributed by atoms with Crippen molar-refractivity contribution in [2.24, 2.45) is 17.2 Å². The van der Waals surface area contributed by atoms with Gasteiger partial charge in [0.1, 0.15) is 12.1 Å². The Morgan fingerprint density at radius 2 is 1.52 bits per heavy atom. The number of primary amides is 2. The fraction of sp³-hybridized carbons (Fsp3) is 0.381. The predicted octanol–water partition coefficient (Wildman–Crippen LogP) is -1.38. The van der Waals surface area contributed by atoms with E-state index >= 15 is 0 Å². The van der Waals surface area contributed by atoms with Crippen LogP contribution in [-0.2, 0) is 30.4 Å². The summed E-state index contributed by atoms with van der Waals surface area (Å²) in [5.41, 5.74) is 17.4. The summed E-state index contributed by atoms with van der Waals surface area (Å²) in [6.07, 6.45) is 1.10. The van der Waals surface area contributed by atoms with E-state index in [4.69, 9.17) is 17.2 Å². The Labute approximate surface area is 189 Å². The maximum absolute atomic E-state index is 12.8. The number of carboxylic acids is 1. The van der Waals surface area contributed by atoms with Gasteiger partial charge in [-0.15, -0.1) is 0 Å². The molecule has 0 fully saturated rings. The van der Waals surface area contributed by atoms with Gasteiger partial charge in [0.25, 0.3) is 0 Å². The number of amides is 4. The molecule has 1 aromatic carbocycles. The number of aromatic amines is 1. The van der Waals surface area contributed by atoms with Crippen LogP contribution in [0.2, 0.25) is 0 Å². The second-order valence-electron chi connectivity index (χ2n) is 7.64. The highest BCUT2D eigenvalue weighted by Gasteiger charge is 2.29. The summed E-state index contributed by atoms with van der Waals surface area (Å²) < 4.78 is 0. The third-order valence-corrected chi connectivity index (χ3v) is 5.06. The zero-order valence-electron chi connectivity index (χ0n) is 17.9. The number of nitrogens with two attached hydrogens (primary N) is 3. The molecule has 1 heterocycles. The summed E-state index contributed by atoms with van der Waals surface area (Å²) >= 11 is 0. The third-order valence-electron chi connectivity index (χ3n) is 5.06. The first-order chi connectivity index (χ1) is 15.6. The normalized spacial score (nSPS) is 13.6. The van der Waals surface area contributed by atoms with Crippen LogP contribution in [0.25, 0.3) is 10.9 Å². The van der Waals surface area contributed by atoms with Gasteiger partial charge in [-0.05, 0) is 24.5 Å². The molecule has 0 spiro atoms. The molecule has 33 heavy (non-hydrogen) atoms. The van der Waals surface area contributed by atoms with Gasteiger partial charge in [-0.1, -0.05) is 18.2 Å². The van der Waals surface area contributed by atoms with Crippen molar-refractivity contribution in [3.8, 4) is 0 Å². The zero-order chi connectivity index (χ0) is 24.5. The molecule has 178 valence electrons. The Bertz CT molecular complexity index is 1040. The lowest BCUT2D eigenvalue weighted by Crippen LogP contribution is -2.55. The van der Waals surface area contributed by atoms with Crippen LogP contribution in [0.15, 0.2) is 30.5 Å². The molecule has 3 unspecified atom stereocenters. The van der Waals surface area contributed by atoms with Crippen LogP contribution in [0.3, 0.4) is 0 Å². The van der Waals surface area contributed by atoms with Crippen molar-refractivity contribution in [2.45, 2.75) is 50.2 Å². The van der Waals surface area contributed by atoms with Gasteiger partial charge in [-0.2, -0.15) is 0 Å². The molecular formula is C21H28N6O6. The smallest absolute Gasteiger partial charge is 0.326 e. The van der Waals surface area contributed by atoms with Gasteiger partial charge in [0, 0.05) is 36.4 Å². The lowest BCUT2D eigenvalue weighted by molar-refractivity contribution is -0.142. The largest absolute Gasteiger partial charge is 0.480 e. The van der Waals surface area contributed by atoms with Crippen LogP contribution in [0, 0.1) is 0 Å².